The standard InChI is InChI=1S/C27H30N2O3S/c1-27(2,3)32-26(31)29-24(18-20-10-6-4-7-11-20)25(30)28-22-14-16-23(17-15-22)33-19-21-12-8-5-9-13-21/h4-17,24H,18-19H2,1-3H3,(H,28,30)(H,29,31). The van der Waals surface area contributed by atoms with Crippen LogP contribution in [0.15, 0.2) is 89.8 Å². The van der Waals surface area contributed by atoms with Gasteiger partial charge in [-0.1, -0.05) is 60.7 Å². The molecular formula is C27H30N2O3S. The maximum Gasteiger partial charge on any atom is 0.408 e. The SMILES string of the molecule is CC(C)(C)OC(=O)NC(Cc1ccccc1)C(=O)Nc1ccc(SCc2ccccc2)cc1. The molecule has 1 atom stereocenters. The number of anilines is 1. The number of alkyl carbamates (subject to hydrolysis) is 1. The Labute approximate surface area is 199 Å². The zero-order valence-electron chi connectivity index (χ0n) is 19.2. The molecule has 172 valence electrons. The van der Waals surface area contributed by atoms with Crippen molar-refractivity contribution in [2.75, 3.05) is 5.32 Å². The van der Waals surface area contributed by atoms with E-state index in [9.17, 15) is 9.59 Å². The number of hydrogen-bond donors (Lipinski definition) is 2. The third kappa shape index (κ3) is 8.66. The molecule has 0 radical (unpaired) electrons. The number of carbonyl (C=O) groups is 2. The van der Waals surface area contributed by atoms with Crippen LogP contribution in [0.4, 0.5) is 10.5 Å². The van der Waals surface area contributed by atoms with Gasteiger partial charge in [0.05, 0.1) is 0 Å². The van der Waals surface area contributed by atoms with Crippen molar-refractivity contribution in [3.8, 4) is 0 Å². The van der Waals surface area contributed by atoms with Crippen molar-refractivity contribution in [2.24, 2.45) is 0 Å². The molecule has 2 N–H and O–H groups in total. The van der Waals surface area contributed by atoms with Crippen molar-refractivity contribution in [1.29, 1.82) is 0 Å². The summed E-state index contributed by atoms with van der Waals surface area (Å²) in [6, 6.07) is 26.8. The smallest absolute Gasteiger partial charge is 0.408 e. The van der Waals surface area contributed by atoms with E-state index < -0.39 is 17.7 Å². The number of benzene rings is 3. The molecule has 0 aromatic heterocycles. The van der Waals surface area contributed by atoms with Gasteiger partial charge in [0.2, 0.25) is 5.91 Å². The Kier molecular flexibility index (Phi) is 8.55. The predicted molar refractivity (Wildman–Crippen MR) is 134 cm³/mol. The number of rotatable bonds is 8. The van der Waals surface area contributed by atoms with Crippen molar-refractivity contribution >= 4 is 29.4 Å². The fourth-order valence-corrected chi connectivity index (χ4v) is 3.97. The highest BCUT2D eigenvalue weighted by atomic mass is 32.2. The Morgan fingerprint density at radius 3 is 2.00 bits per heavy atom. The lowest BCUT2D eigenvalue weighted by molar-refractivity contribution is -0.118. The van der Waals surface area contributed by atoms with Crippen molar-refractivity contribution in [1.82, 2.24) is 5.32 Å². The van der Waals surface area contributed by atoms with E-state index in [2.05, 4.69) is 22.8 Å². The van der Waals surface area contributed by atoms with Gasteiger partial charge in [0.1, 0.15) is 11.6 Å². The summed E-state index contributed by atoms with van der Waals surface area (Å²) >= 11 is 1.74. The van der Waals surface area contributed by atoms with Gasteiger partial charge in [-0.15, -0.1) is 11.8 Å². The molecule has 0 bridgehead atoms. The summed E-state index contributed by atoms with van der Waals surface area (Å²) in [5.41, 5.74) is 2.23. The van der Waals surface area contributed by atoms with Gasteiger partial charge >= 0.3 is 6.09 Å². The van der Waals surface area contributed by atoms with E-state index in [0.717, 1.165) is 16.2 Å². The van der Waals surface area contributed by atoms with E-state index in [-0.39, 0.29) is 5.91 Å². The Bertz CT molecular complexity index is 1030. The summed E-state index contributed by atoms with van der Waals surface area (Å²) in [4.78, 5) is 26.5. The molecule has 0 aliphatic carbocycles. The first-order chi connectivity index (χ1) is 15.8. The number of carbonyl (C=O) groups excluding carboxylic acids is 2. The summed E-state index contributed by atoms with van der Waals surface area (Å²) in [5, 5.41) is 5.63. The van der Waals surface area contributed by atoms with Crippen LogP contribution in [0.3, 0.4) is 0 Å². The van der Waals surface area contributed by atoms with Crippen LogP contribution in [0.25, 0.3) is 0 Å². The highest BCUT2D eigenvalue weighted by Gasteiger charge is 2.25. The van der Waals surface area contributed by atoms with Crippen LogP contribution >= 0.6 is 11.8 Å². The molecule has 3 rings (SSSR count). The fraction of sp³-hybridized carbons (Fsp3) is 0.259. The molecule has 5 nitrogen and oxygen atoms in total. The fourth-order valence-electron chi connectivity index (χ4n) is 3.11. The molecule has 0 heterocycles. The quantitative estimate of drug-likeness (QED) is 0.400. The van der Waals surface area contributed by atoms with Gasteiger partial charge in [-0.25, -0.2) is 4.79 Å². The molecule has 3 aromatic carbocycles. The Hall–Kier alpha value is -3.25. The van der Waals surface area contributed by atoms with Crippen molar-refractivity contribution in [2.45, 2.75) is 49.5 Å². The summed E-state index contributed by atoms with van der Waals surface area (Å²) < 4.78 is 5.35. The molecule has 1 unspecified atom stereocenters. The molecule has 6 heteroatoms. The van der Waals surface area contributed by atoms with Crippen LogP contribution in [0.2, 0.25) is 0 Å². The van der Waals surface area contributed by atoms with Gasteiger partial charge in [-0.3, -0.25) is 4.79 Å². The second kappa shape index (κ2) is 11.6. The van der Waals surface area contributed by atoms with Crippen LogP contribution < -0.4 is 10.6 Å². The number of thioether (sulfide) groups is 1. The Balaban J connectivity index is 1.63. The molecule has 3 aromatic rings. The first kappa shape index (κ1) is 24.4. The maximum absolute atomic E-state index is 13.0. The van der Waals surface area contributed by atoms with E-state index in [4.69, 9.17) is 4.74 Å². The number of ether oxygens (including phenoxy) is 1. The van der Waals surface area contributed by atoms with Crippen LogP contribution in [0.5, 0.6) is 0 Å². The third-order valence-corrected chi connectivity index (χ3v) is 5.74. The van der Waals surface area contributed by atoms with Gasteiger partial charge in [0.25, 0.3) is 0 Å². The van der Waals surface area contributed by atoms with Gasteiger partial charge in [0, 0.05) is 22.8 Å². The molecule has 0 fully saturated rings. The molecule has 0 saturated carbocycles. The van der Waals surface area contributed by atoms with Crippen molar-refractivity contribution in [3.63, 3.8) is 0 Å². The molecule has 0 aliphatic rings. The van der Waals surface area contributed by atoms with E-state index >= 15 is 0 Å². The van der Waals surface area contributed by atoms with Gasteiger partial charge in [0.15, 0.2) is 0 Å². The average Bonchev–Trinajstić information content (AvgIpc) is 2.78. The Morgan fingerprint density at radius 1 is 0.848 bits per heavy atom. The van der Waals surface area contributed by atoms with Crippen LogP contribution in [-0.4, -0.2) is 23.6 Å². The first-order valence-electron chi connectivity index (χ1n) is 10.9. The molecule has 0 aliphatic heterocycles. The van der Waals surface area contributed by atoms with Crippen molar-refractivity contribution in [3.05, 3.63) is 96.1 Å². The first-order valence-corrected chi connectivity index (χ1v) is 11.9. The molecule has 0 spiro atoms. The van der Waals surface area contributed by atoms with E-state index in [1.165, 1.54) is 5.56 Å². The minimum Gasteiger partial charge on any atom is -0.444 e. The highest BCUT2D eigenvalue weighted by molar-refractivity contribution is 7.98. The van der Waals surface area contributed by atoms with Gasteiger partial charge in [-0.05, 0) is 56.2 Å². The molecule has 2 amide bonds. The zero-order valence-corrected chi connectivity index (χ0v) is 20.0. The topological polar surface area (TPSA) is 67.4 Å². The number of hydrogen-bond acceptors (Lipinski definition) is 4. The van der Waals surface area contributed by atoms with Crippen molar-refractivity contribution < 1.29 is 14.3 Å². The van der Waals surface area contributed by atoms with E-state index in [1.54, 1.807) is 32.5 Å². The monoisotopic (exact) mass is 462 g/mol. The van der Waals surface area contributed by atoms with Crippen LogP contribution in [0, 0.1) is 0 Å². The Morgan fingerprint density at radius 2 is 1.42 bits per heavy atom. The highest BCUT2D eigenvalue weighted by Crippen LogP contribution is 2.24. The lowest BCUT2D eigenvalue weighted by Gasteiger charge is -2.23. The normalized spacial score (nSPS) is 12.0. The summed E-state index contributed by atoms with van der Waals surface area (Å²) in [7, 11) is 0. The van der Waals surface area contributed by atoms with Crippen LogP contribution in [0.1, 0.15) is 31.9 Å². The minimum absolute atomic E-state index is 0.297. The third-order valence-electron chi connectivity index (χ3n) is 4.66. The van der Waals surface area contributed by atoms with E-state index in [0.29, 0.717) is 12.1 Å². The minimum atomic E-state index is -0.769. The van der Waals surface area contributed by atoms with Crippen LogP contribution in [-0.2, 0) is 21.7 Å². The average molecular weight is 463 g/mol. The lowest BCUT2D eigenvalue weighted by atomic mass is 10.1. The maximum atomic E-state index is 13.0. The summed E-state index contributed by atoms with van der Waals surface area (Å²) in [6.45, 7) is 5.36. The second-order valence-electron chi connectivity index (χ2n) is 8.68. The molecule has 0 saturated heterocycles. The predicted octanol–water partition coefficient (Wildman–Crippen LogP) is 6.05. The van der Waals surface area contributed by atoms with E-state index in [1.807, 2.05) is 72.8 Å². The largest absolute Gasteiger partial charge is 0.444 e. The lowest BCUT2D eigenvalue weighted by Crippen LogP contribution is -2.47. The second-order valence-corrected chi connectivity index (χ2v) is 9.73. The molecular weight excluding hydrogens is 432 g/mol. The number of nitrogens with one attached hydrogen (secondary N) is 2. The summed E-state index contributed by atoms with van der Waals surface area (Å²) in [5.74, 6) is 0.584. The molecule has 33 heavy (non-hydrogen) atoms. The zero-order chi connectivity index (χ0) is 23.7. The van der Waals surface area contributed by atoms with Gasteiger partial charge in [-0.2, -0.15) is 0 Å². The summed E-state index contributed by atoms with van der Waals surface area (Å²) in [6.07, 6.45) is -0.261. The number of amides is 2. The van der Waals surface area contributed by atoms with Gasteiger partial charge < -0.3 is 15.4 Å².